The van der Waals surface area contributed by atoms with E-state index in [1.165, 1.54) is 6.92 Å². The zero-order valence-electron chi connectivity index (χ0n) is 50.0. The van der Waals surface area contributed by atoms with Crippen LogP contribution in [0.2, 0.25) is 0 Å². The third kappa shape index (κ3) is 18.4. The molecule has 7 aromatic carbocycles. The molecule has 3 saturated heterocycles. The average Bonchev–Trinajstić information content (AvgIpc) is 2.39. The van der Waals surface area contributed by atoms with E-state index >= 15 is 0 Å². The second-order valence-corrected chi connectivity index (χ2v) is 22.4. The van der Waals surface area contributed by atoms with Gasteiger partial charge in [0.15, 0.2) is 25.0 Å². The minimum atomic E-state index is -1.60. The Labute approximate surface area is 515 Å². The van der Waals surface area contributed by atoms with Gasteiger partial charge in [-0.1, -0.05) is 212 Å². The largest absolute Gasteiger partial charge is 0.454 e. The summed E-state index contributed by atoms with van der Waals surface area (Å²) in [4.78, 5) is 27.0. The fourth-order valence-electron chi connectivity index (χ4n) is 11.1. The number of Topliss-reactive ketones (excluding diaryl/α,β-unsaturated/α-hetero) is 1. The maximum absolute atomic E-state index is 14.5. The van der Waals surface area contributed by atoms with Gasteiger partial charge in [-0.3, -0.25) is 4.79 Å². The highest BCUT2D eigenvalue weighted by Gasteiger charge is 2.57. The van der Waals surface area contributed by atoms with Gasteiger partial charge in [0.1, 0.15) is 60.7 Å². The highest BCUT2D eigenvalue weighted by Crippen LogP contribution is 2.39. The van der Waals surface area contributed by atoms with E-state index in [1.807, 2.05) is 219 Å². The summed E-state index contributed by atoms with van der Waals surface area (Å²) in [5, 5.41) is 12.2. The molecule has 0 amide bonds. The molecular formula is C72H80O16. The highest BCUT2D eigenvalue weighted by molar-refractivity contribution is 5.81. The molecule has 16 nitrogen and oxygen atoms in total. The van der Waals surface area contributed by atoms with Crippen LogP contribution >= 0.6 is 0 Å². The minimum absolute atomic E-state index is 0.0218. The van der Waals surface area contributed by atoms with Crippen molar-refractivity contribution in [2.24, 2.45) is 0 Å². The van der Waals surface area contributed by atoms with E-state index in [0.29, 0.717) is 0 Å². The summed E-state index contributed by atoms with van der Waals surface area (Å²) in [7, 11) is 0. The first-order valence-corrected chi connectivity index (χ1v) is 30.3. The molecule has 88 heavy (non-hydrogen) atoms. The number of hydrogen-bond donors (Lipinski definition) is 1. The molecule has 10 rings (SSSR count). The van der Waals surface area contributed by atoms with E-state index in [0.717, 1.165) is 38.9 Å². The third-order valence-electron chi connectivity index (χ3n) is 15.7. The van der Waals surface area contributed by atoms with Crippen molar-refractivity contribution in [2.75, 3.05) is 6.61 Å². The fourth-order valence-corrected chi connectivity index (χ4v) is 11.1. The average molecular weight is 1200 g/mol. The minimum Gasteiger partial charge on any atom is -0.454 e. The molecule has 3 aliphatic heterocycles. The lowest BCUT2D eigenvalue weighted by Crippen LogP contribution is -2.67. The molecule has 16 heteroatoms. The lowest BCUT2D eigenvalue weighted by Gasteiger charge is -2.51. The molecular weight excluding hydrogens is 1120 g/mol. The molecule has 0 aromatic heterocycles. The number of esters is 1. The van der Waals surface area contributed by atoms with Gasteiger partial charge in [-0.05, 0) is 59.7 Å². The summed E-state index contributed by atoms with van der Waals surface area (Å²) in [6, 6.07) is 68.2. The Balaban J connectivity index is 1.06. The molecule has 7 aromatic rings. The van der Waals surface area contributed by atoms with Gasteiger partial charge in [0.25, 0.3) is 0 Å². The number of carbonyl (C=O) groups is 2. The van der Waals surface area contributed by atoms with Crippen LogP contribution in [-0.4, -0.2) is 116 Å². The van der Waals surface area contributed by atoms with Gasteiger partial charge in [-0.25, -0.2) is 0 Å². The van der Waals surface area contributed by atoms with Crippen LogP contribution in [-0.2, 0) is 117 Å². The molecule has 3 aliphatic rings. The second-order valence-electron chi connectivity index (χ2n) is 22.4. The third-order valence-corrected chi connectivity index (χ3v) is 15.7. The Kier molecular flexibility index (Phi) is 24.1. The Morgan fingerprint density at radius 3 is 1.11 bits per heavy atom. The van der Waals surface area contributed by atoms with Gasteiger partial charge in [0.2, 0.25) is 0 Å². The van der Waals surface area contributed by atoms with Crippen molar-refractivity contribution in [3.8, 4) is 0 Å². The molecule has 3 fully saturated rings. The van der Waals surface area contributed by atoms with Gasteiger partial charge >= 0.3 is 5.97 Å². The Morgan fingerprint density at radius 1 is 0.364 bits per heavy atom. The normalized spacial score (nSPS) is 27.1. The molecule has 1 N–H and O–H groups in total. The summed E-state index contributed by atoms with van der Waals surface area (Å²) in [5.74, 6) is -0.962. The Morgan fingerprint density at radius 2 is 0.693 bits per heavy atom. The quantitative estimate of drug-likeness (QED) is 0.0421. The molecule has 0 unspecified atom stereocenters. The van der Waals surface area contributed by atoms with E-state index in [1.54, 1.807) is 6.92 Å². The van der Waals surface area contributed by atoms with E-state index in [9.17, 15) is 14.7 Å². The van der Waals surface area contributed by atoms with Crippen molar-refractivity contribution >= 4 is 11.8 Å². The van der Waals surface area contributed by atoms with Crippen LogP contribution in [0.3, 0.4) is 0 Å². The maximum atomic E-state index is 14.5. The SMILES string of the molecule is CC(=O)CCC(=O)O[C@H]1[C@H](O[C@@H]2[C@H](OCc3ccccc3)[C@@H](OCc3ccccc3)[C@H](C)O[C@H]2O)O[C@@H](C)[C@H](OCc2ccccc2)[C@H]1O[C@H]1O[C@H](COCc2ccccc2)[C@@H](OCc2ccccc2)[C@H](OCc2ccccc2)[C@H]1OCc1ccccc1. The topological polar surface area (TPSA) is 174 Å². The monoisotopic (exact) mass is 1200 g/mol. The molecule has 15 atom stereocenters. The van der Waals surface area contributed by atoms with Gasteiger partial charge in [-0.2, -0.15) is 0 Å². The summed E-state index contributed by atoms with van der Waals surface area (Å²) in [5.41, 5.74) is 6.26. The Bertz CT molecular complexity index is 3110. The second kappa shape index (κ2) is 33.1. The molecule has 0 spiro atoms. The van der Waals surface area contributed by atoms with Crippen molar-refractivity contribution in [2.45, 2.75) is 172 Å². The number of hydrogen-bond acceptors (Lipinski definition) is 16. The van der Waals surface area contributed by atoms with Crippen molar-refractivity contribution < 1.29 is 76.3 Å². The molecule has 0 bridgehead atoms. The summed E-state index contributed by atoms with van der Waals surface area (Å²) in [6.45, 7) is 6.16. The maximum Gasteiger partial charge on any atom is 0.306 e. The molecule has 0 radical (unpaired) electrons. The first kappa shape index (κ1) is 64.2. The number of aliphatic hydroxyl groups excluding tert-OH is 1. The van der Waals surface area contributed by atoms with Crippen LogP contribution < -0.4 is 0 Å². The first-order chi connectivity index (χ1) is 43.1. The molecule has 0 saturated carbocycles. The number of benzene rings is 7. The van der Waals surface area contributed by atoms with Crippen LogP contribution in [0, 0.1) is 0 Å². The summed E-state index contributed by atoms with van der Waals surface area (Å²) < 4.78 is 89.7. The van der Waals surface area contributed by atoms with Crippen LogP contribution in [0.25, 0.3) is 0 Å². The van der Waals surface area contributed by atoms with Crippen molar-refractivity contribution in [1.29, 1.82) is 0 Å². The van der Waals surface area contributed by atoms with E-state index < -0.39 is 98.1 Å². The smallest absolute Gasteiger partial charge is 0.306 e. The van der Waals surface area contributed by atoms with Crippen molar-refractivity contribution in [3.05, 3.63) is 251 Å². The van der Waals surface area contributed by atoms with Crippen molar-refractivity contribution in [1.82, 2.24) is 0 Å². The standard InChI is InChI=1S/C72H80O16/c1-49(73)39-40-60(74)86-69-66(62(78-43-54-29-15-6-16-30-54)51(3)84-72(69)88-67-64(80-45-56-33-19-8-20-34-56)61(50(2)83-70(67)75)77-42-53-27-13-5-14-28-53)87-71-68(82-47-58-37-23-10-24-38-58)65(81-46-57-35-21-9-22-36-57)63(79-44-55-31-17-7-18-32-55)59(85-71)48-76-41-52-25-11-4-12-26-52/h4-38,50-51,59,61-72,75H,39-48H2,1-3H3/t50-,51-,59+,61-,62-,63+,64+,65-,66+,67+,68+,69+,70+,71+,72-/m0/s1. The van der Waals surface area contributed by atoms with Crippen LogP contribution in [0.1, 0.15) is 72.6 Å². The lowest BCUT2D eigenvalue weighted by molar-refractivity contribution is -0.390. The van der Waals surface area contributed by atoms with Gasteiger partial charge < -0.3 is 71.5 Å². The first-order valence-electron chi connectivity index (χ1n) is 30.3. The molecule has 0 aliphatic carbocycles. The zero-order valence-corrected chi connectivity index (χ0v) is 50.0. The number of ether oxygens (including phenoxy) is 13. The van der Waals surface area contributed by atoms with Gasteiger partial charge in [0.05, 0.1) is 71.5 Å². The summed E-state index contributed by atoms with van der Waals surface area (Å²) >= 11 is 0. The zero-order chi connectivity index (χ0) is 60.9. The van der Waals surface area contributed by atoms with Crippen molar-refractivity contribution in [3.63, 3.8) is 0 Å². The Hall–Kier alpha value is -6.84. The van der Waals surface area contributed by atoms with E-state index in [2.05, 4.69) is 0 Å². The number of aliphatic hydroxyl groups is 1. The fraction of sp³-hybridized carbons (Fsp3) is 0.389. The van der Waals surface area contributed by atoms with E-state index in [-0.39, 0.29) is 71.5 Å². The summed E-state index contributed by atoms with van der Waals surface area (Å²) in [6.07, 6.45) is -17.0. The number of ketones is 1. The number of carbonyl (C=O) groups excluding carboxylic acids is 2. The van der Waals surface area contributed by atoms with Gasteiger partial charge in [0, 0.05) is 6.42 Å². The predicted octanol–water partition coefficient (Wildman–Crippen LogP) is 11.0. The van der Waals surface area contributed by atoms with Gasteiger partial charge in [-0.15, -0.1) is 0 Å². The highest BCUT2D eigenvalue weighted by atomic mass is 16.8. The number of rotatable bonds is 30. The van der Waals surface area contributed by atoms with E-state index in [4.69, 9.17) is 61.6 Å². The van der Waals surface area contributed by atoms with Crippen LogP contribution in [0.15, 0.2) is 212 Å². The van der Waals surface area contributed by atoms with Crippen LogP contribution in [0.4, 0.5) is 0 Å². The van der Waals surface area contributed by atoms with Crippen LogP contribution in [0.5, 0.6) is 0 Å². The predicted molar refractivity (Wildman–Crippen MR) is 325 cm³/mol. The lowest BCUT2D eigenvalue weighted by atomic mass is 9.95. The molecule has 3 heterocycles. The molecule has 464 valence electrons.